The quantitative estimate of drug-likeness (QED) is 0.444. The number of nitrogens with zero attached hydrogens (tertiary/aromatic N) is 1. The number of hydrogen-bond acceptors (Lipinski definition) is 6. The van der Waals surface area contributed by atoms with Crippen molar-refractivity contribution in [3.05, 3.63) is 89.5 Å². The fourth-order valence-corrected chi connectivity index (χ4v) is 3.80. The summed E-state index contributed by atoms with van der Waals surface area (Å²) in [6, 6.07) is 22.2. The summed E-state index contributed by atoms with van der Waals surface area (Å²) in [5.41, 5.74) is 3.24. The maximum atomic E-state index is 13.0. The third-order valence-corrected chi connectivity index (χ3v) is 5.61. The second-order valence-electron chi connectivity index (χ2n) is 8.22. The van der Waals surface area contributed by atoms with E-state index in [1.54, 1.807) is 30.3 Å². The summed E-state index contributed by atoms with van der Waals surface area (Å²) in [7, 11) is 0. The molecule has 3 aromatic rings. The molecule has 0 spiro atoms. The lowest BCUT2D eigenvalue weighted by atomic mass is 10.1. The molecule has 35 heavy (non-hydrogen) atoms. The van der Waals surface area contributed by atoms with Crippen molar-refractivity contribution in [2.45, 2.75) is 20.0 Å². The largest absolute Gasteiger partial charge is 0.489 e. The molecular weight excluding hydrogens is 444 g/mol. The number of benzene rings is 3. The average molecular weight is 475 g/mol. The van der Waals surface area contributed by atoms with Gasteiger partial charge in [-0.2, -0.15) is 0 Å². The van der Waals surface area contributed by atoms with Crippen molar-refractivity contribution in [1.29, 1.82) is 0 Å². The van der Waals surface area contributed by atoms with E-state index in [2.05, 4.69) is 10.2 Å². The fraction of sp³-hybridized carbons (Fsp3) is 0.286. The molecule has 0 aromatic heterocycles. The van der Waals surface area contributed by atoms with Gasteiger partial charge in [0.25, 0.3) is 5.91 Å². The predicted molar refractivity (Wildman–Crippen MR) is 135 cm³/mol. The topological polar surface area (TPSA) is 77.1 Å². The molecule has 4 rings (SSSR count). The molecule has 7 heteroatoms. The van der Waals surface area contributed by atoms with Crippen LogP contribution in [0.4, 0.5) is 11.4 Å². The predicted octanol–water partition coefficient (Wildman–Crippen LogP) is 4.92. The van der Waals surface area contributed by atoms with E-state index in [4.69, 9.17) is 14.2 Å². The summed E-state index contributed by atoms with van der Waals surface area (Å²) in [5, 5.41) is 2.90. The van der Waals surface area contributed by atoms with Crippen LogP contribution >= 0.6 is 0 Å². The number of nitrogens with one attached hydrogen (secondary N) is 1. The summed E-state index contributed by atoms with van der Waals surface area (Å²) in [6.45, 7) is 5.29. The maximum Gasteiger partial charge on any atom is 0.340 e. The maximum absolute atomic E-state index is 13.0. The summed E-state index contributed by atoms with van der Waals surface area (Å²) >= 11 is 0. The Balaban J connectivity index is 1.48. The molecule has 0 radical (unpaired) electrons. The van der Waals surface area contributed by atoms with Crippen LogP contribution in [0.1, 0.15) is 39.6 Å². The van der Waals surface area contributed by atoms with Crippen LogP contribution < -0.4 is 15.0 Å². The van der Waals surface area contributed by atoms with E-state index in [-0.39, 0.29) is 5.91 Å². The molecule has 0 bridgehead atoms. The summed E-state index contributed by atoms with van der Waals surface area (Å²) < 4.78 is 16.7. The van der Waals surface area contributed by atoms with Crippen LogP contribution in [0.3, 0.4) is 0 Å². The average Bonchev–Trinajstić information content (AvgIpc) is 2.91. The zero-order valence-corrected chi connectivity index (χ0v) is 19.9. The zero-order valence-electron chi connectivity index (χ0n) is 19.9. The first kappa shape index (κ1) is 24.3. The van der Waals surface area contributed by atoms with Crippen LogP contribution in [0.5, 0.6) is 5.75 Å². The number of esters is 1. The first-order valence-corrected chi connectivity index (χ1v) is 11.9. The van der Waals surface area contributed by atoms with E-state index in [9.17, 15) is 9.59 Å². The lowest BCUT2D eigenvalue weighted by Crippen LogP contribution is -2.37. The first-order valence-electron chi connectivity index (χ1n) is 11.9. The highest BCUT2D eigenvalue weighted by atomic mass is 16.5. The minimum atomic E-state index is -0.402. The number of carbonyl (C=O) groups is 2. The number of anilines is 2. The number of carbonyl (C=O) groups excluding carboxylic acids is 2. The van der Waals surface area contributed by atoms with Gasteiger partial charge < -0.3 is 24.4 Å². The van der Waals surface area contributed by atoms with E-state index in [1.165, 1.54) is 0 Å². The molecule has 3 aromatic carbocycles. The monoisotopic (exact) mass is 474 g/mol. The second-order valence-corrected chi connectivity index (χ2v) is 8.22. The Hall–Kier alpha value is -3.84. The van der Waals surface area contributed by atoms with Gasteiger partial charge in [-0.1, -0.05) is 43.3 Å². The molecule has 1 amide bonds. The Bertz CT molecular complexity index is 1140. The van der Waals surface area contributed by atoms with Crippen LogP contribution in [-0.4, -0.2) is 44.8 Å². The van der Waals surface area contributed by atoms with Gasteiger partial charge in [-0.05, 0) is 48.4 Å². The van der Waals surface area contributed by atoms with Gasteiger partial charge in [0.2, 0.25) is 0 Å². The van der Waals surface area contributed by atoms with Crippen LogP contribution in [0.15, 0.2) is 72.8 Å². The van der Waals surface area contributed by atoms with Crippen molar-refractivity contribution < 1.29 is 23.8 Å². The third kappa shape index (κ3) is 6.61. The molecule has 7 nitrogen and oxygen atoms in total. The van der Waals surface area contributed by atoms with E-state index in [0.717, 1.165) is 17.7 Å². The number of hydrogen-bond donors (Lipinski definition) is 1. The molecule has 1 heterocycles. The van der Waals surface area contributed by atoms with Gasteiger partial charge >= 0.3 is 5.97 Å². The molecular formula is C28H30N2O5. The van der Waals surface area contributed by atoms with Crippen molar-refractivity contribution in [2.75, 3.05) is 43.1 Å². The van der Waals surface area contributed by atoms with Gasteiger partial charge in [-0.3, -0.25) is 4.79 Å². The molecule has 1 saturated heterocycles. The van der Waals surface area contributed by atoms with E-state index < -0.39 is 5.97 Å². The number of ether oxygens (including phenoxy) is 3. The SMILES string of the molecule is CCCOC(=O)c1cc(NC(=O)c2cccc(OCc3ccccc3)c2)ccc1N1CCOCC1. The fourth-order valence-electron chi connectivity index (χ4n) is 3.80. The molecule has 1 N–H and O–H groups in total. The molecule has 1 fully saturated rings. The Morgan fingerprint density at radius 1 is 0.971 bits per heavy atom. The van der Waals surface area contributed by atoms with Crippen LogP contribution in [0.2, 0.25) is 0 Å². The van der Waals surface area contributed by atoms with Crippen molar-refractivity contribution >= 4 is 23.3 Å². The van der Waals surface area contributed by atoms with Gasteiger partial charge in [-0.15, -0.1) is 0 Å². The third-order valence-electron chi connectivity index (χ3n) is 5.61. The highest BCUT2D eigenvalue weighted by Crippen LogP contribution is 2.27. The molecule has 0 saturated carbocycles. The standard InChI is InChI=1S/C28H30N2O5/c1-2-15-34-28(32)25-19-23(11-12-26(25)30-13-16-33-17-14-30)29-27(31)22-9-6-10-24(18-22)35-20-21-7-4-3-5-8-21/h3-12,18-19H,2,13-17,20H2,1H3,(H,29,31). The molecule has 1 aliphatic heterocycles. The van der Waals surface area contributed by atoms with E-state index in [0.29, 0.717) is 62.1 Å². The summed E-state index contributed by atoms with van der Waals surface area (Å²) in [4.78, 5) is 27.9. The zero-order chi connectivity index (χ0) is 24.5. The minimum Gasteiger partial charge on any atom is -0.489 e. The number of rotatable bonds is 9. The highest BCUT2D eigenvalue weighted by Gasteiger charge is 2.21. The molecule has 0 unspecified atom stereocenters. The molecule has 0 aliphatic carbocycles. The van der Waals surface area contributed by atoms with Crippen molar-refractivity contribution in [2.24, 2.45) is 0 Å². The molecule has 1 aliphatic rings. The van der Waals surface area contributed by atoms with Gasteiger partial charge in [0.05, 0.1) is 31.1 Å². The number of amides is 1. The van der Waals surface area contributed by atoms with Gasteiger partial charge in [-0.25, -0.2) is 4.79 Å². The van der Waals surface area contributed by atoms with Crippen molar-refractivity contribution in [1.82, 2.24) is 0 Å². The first-order chi connectivity index (χ1) is 17.1. The van der Waals surface area contributed by atoms with Crippen LogP contribution in [0, 0.1) is 0 Å². The second kappa shape index (κ2) is 12.0. The smallest absolute Gasteiger partial charge is 0.340 e. The van der Waals surface area contributed by atoms with Gasteiger partial charge in [0.1, 0.15) is 12.4 Å². The van der Waals surface area contributed by atoms with Crippen LogP contribution in [0.25, 0.3) is 0 Å². The lowest BCUT2D eigenvalue weighted by molar-refractivity contribution is 0.0504. The van der Waals surface area contributed by atoms with Gasteiger partial charge in [0, 0.05) is 24.3 Å². The van der Waals surface area contributed by atoms with Crippen molar-refractivity contribution in [3.8, 4) is 5.75 Å². The highest BCUT2D eigenvalue weighted by molar-refractivity contribution is 6.05. The minimum absolute atomic E-state index is 0.290. The van der Waals surface area contributed by atoms with Gasteiger partial charge in [0.15, 0.2) is 0 Å². The molecule has 0 atom stereocenters. The molecule has 182 valence electrons. The Morgan fingerprint density at radius 2 is 1.77 bits per heavy atom. The normalized spacial score (nSPS) is 13.2. The summed E-state index contributed by atoms with van der Waals surface area (Å²) in [6.07, 6.45) is 0.734. The Kier molecular flexibility index (Phi) is 8.35. The number of morpholine rings is 1. The van der Waals surface area contributed by atoms with E-state index >= 15 is 0 Å². The van der Waals surface area contributed by atoms with Crippen molar-refractivity contribution in [3.63, 3.8) is 0 Å². The lowest BCUT2D eigenvalue weighted by Gasteiger charge is -2.30. The Labute approximate surface area is 205 Å². The Morgan fingerprint density at radius 3 is 2.54 bits per heavy atom. The van der Waals surface area contributed by atoms with E-state index in [1.807, 2.05) is 49.4 Å². The van der Waals surface area contributed by atoms with Crippen LogP contribution in [-0.2, 0) is 16.1 Å². The summed E-state index contributed by atoms with van der Waals surface area (Å²) in [5.74, 6) is -0.0871.